The van der Waals surface area contributed by atoms with Crippen LogP contribution in [0, 0.1) is 20.8 Å². The van der Waals surface area contributed by atoms with Gasteiger partial charge in [-0.3, -0.25) is 0 Å². The van der Waals surface area contributed by atoms with Crippen LogP contribution in [0.4, 0.5) is 4.79 Å². The second-order valence-electron chi connectivity index (χ2n) is 5.91. The summed E-state index contributed by atoms with van der Waals surface area (Å²) in [6, 6.07) is 3.18. The van der Waals surface area contributed by atoms with E-state index in [1.807, 2.05) is 20.8 Å². The highest BCUT2D eigenvalue weighted by molar-refractivity contribution is 7.91. The molecule has 0 saturated carbocycles. The topological polar surface area (TPSA) is 72.3 Å². The predicted octanol–water partition coefficient (Wildman–Crippen LogP) is 3.60. The number of sulfone groups is 1. The van der Waals surface area contributed by atoms with E-state index >= 15 is 0 Å². The van der Waals surface area contributed by atoms with Gasteiger partial charge >= 0.3 is 6.03 Å². The number of aryl methyl sites for hydroxylation is 3. The number of aromatic nitrogens is 2. The Labute approximate surface area is 153 Å². The lowest BCUT2D eigenvalue weighted by Crippen LogP contribution is -2.34. The van der Waals surface area contributed by atoms with Crippen molar-refractivity contribution in [3.05, 3.63) is 40.0 Å². The third-order valence-electron chi connectivity index (χ3n) is 4.00. The highest BCUT2D eigenvalue weighted by Gasteiger charge is 2.29. The molecule has 136 valence electrons. The Morgan fingerprint density at radius 1 is 1.16 bits per heavy atom. The van der Waals surface area contributed by atoms with Gasteiger partial charge in [0.1, 0.15) is 0 Å². The van der Waals surface area contributed by atoms with E-state index in [9.17, 15) is 13.2 Å². The van der Waals surface area contributed by atoms with E-state index in [4.69, 9.17) is 11.6 Å². The number of halogens is 1. The summed E-state index contributed by atoms with van der Waals surface area (Å²) in [4.78, 5) is 14.1. The zero-order chi connectivity index (χ0) is 18.9. The molecule has 0 aliphatic rings. The van der Waals surface area contributed by atoms with Crippen molar-refractivity contribution in [3.8, 4) is 0 Å². The summed E-state index contributed by atoms with van der Waals surface area (Å²) in [5.41, 5.74) is 2.22. The largest absolute Gasteiger partial charge is 0.344 e. The molecule has 0 aliphatic carbocycles. The number of hydrogen-bond acceptors (Lipinski definition) is 4. The van der Waals surface area contributed by atoms with Gasteiger partial charge in [-0.2, -0.15) is 9.78 Å². The van der Waals surface area contributed by atoms with Crippen molar-refractivity contribution >= 4 is 27.5 Å². The minimum absolute atomic E-state index is 0.0696. The molecule has 0 saturated heterocycles. The van der Waals surface area contributed by atoms with Crippen LogP contribution in [0.2, 0.25) is 5.02 Å². The van der Waals surface area contributed by atoms with Gasteiger partial charge in [0, 0.05) is 13.1 Å². The van der Waals surface area contributed by atoms with Crippen molar-refractivity contribution in [1.82, 2.24) is 14.7 Å². The van der Waals surface area contributed by atoms with Gasteiger partial charge in [-0.15, -0.1) is 0 Å². The molecule has 1 aromatic heterocycles. The maximum Gasteiger partial charge on any atom is 0.344 e. The first-order chi connectivity index (χ1) is 11.6. The van der Waals surface area contributed by atoms with Crippen molar-refractivity contribution in [1.29, 1.82) is 0 Å². The van der Waals surface area contributed by atoms with Gasteiger partial charge < -0.3 is 4.90 Å². The van der Waals surface area contributed by atoms with Crippen molar-refractivity contribution in [2.45, 2.75) is 44.5 Å². The van der Waals surface area contributed by atoms with Crippen molar-refractivity contribution in [2.75, 3.05) is 13.1 Å². The summed E-state index contributed by atoms with van der Waals surface area (Å²) in [7, 11) is -3.93. The smallest absolute Gasteiger partial charge is 0.323 e. The molecule has 1 aromatic carbocycles. The normalized spacial score (nSPS) is 11.6. The summed E-state index contributed by atoms with van der Waals surface area (Å²) in [6.45, 7) is 10.0. The Morgan fingerprint density at radius 2 is 1.68 bits per heavy atom. The molecule has 6 nitrogen and oxygen atoms in total. The number of amides is 1. The van der Waals surface area contributed by atoms with E-state index in [2.05, 4.69) is 5.10 Å². The zero-order valence-corrected chi connectivity index (χ0v) is 16.6. The van der Waals surface area contributed by atoms with Crippen molar-refractivity contribution < 1.29 is 13.2 Å². The average molecular weight is 384 g/mol. The summed E-state index contributed by atoms with van der Waals surface area (Å²) in [5.74, 6) is 0. The Hall–Kier alpha value is -1.86. The monoisotopic (exact) mass is 383 g/mol. The third kappa shape index (κ3) is 3.57. The van der Waals surface area contributed by atoms with Gasteiger partial charge in [-0.25, -0.2) is 13.2 Å². The maximum absolute atomic E-state index is 13.1. The first-order valence-corrected chi connectivity index (χ1v) is 9.86. The molecule has 0 unspecified atom stereocenters. The van der Waals surface area contributed by atoms with Crippen LogP contribution < -0.4 is 0 Å². The molecular weight excluding hydrogens is 362 g/mol. The van der Waals surface area contributed by atoms with E-state index in [1.165, 1.54) is 11.1 Å². The van der Waals surface area contributed by atoms with E-state index in [-0.39, 0.29) is 14.9 Å². The Balaban J connectivity index is 2.58. The van der Waals surface area contributed by atoms with E-state index in [1.54, 1.807) is 26.0 Å². The minimum atomic E-state index is -3.93. The zero-order valence-electron chi connectivity index (χ0n) is 15.0. The lowest BCUT2D eigenvalue weighted by molar-refractivity contribution is 0.201. The van der Waals surface area contributed by atoms with Gasteiger partial charge in [0.15, 0.2) is 0 Å². The van der Waals surface area contributed by atoms with Gasteiger partial charge in [0.05, 0.1) is 16.1 Å². The molecule has 25 heavy (non-hydrogen) atoms. The number of nitrogens with zero attached hydrogens (tertiary/aromatic N) is 3. The summed E-state index contributed by atoms with van der Waals surface area (Å²) in [6.07, 6.45) is 1.24. The molecule has 0 radical (unpaired) electrons. The SMILES string of the molecule is CCN(CC)C(=O)n1cc(Cl)c(S(=O)(=O)c2c(C)cc(C)cc2C)n1. The predicted molar refractivity (Wildman–Crippen MR) is 97.1 cm³/mol. The molecule has 8 heteroatoms. The number of carbonyl (C=O) groups is 1. The summed E-state index contributed by atoms with van der Waals surface area (Å²) >= 11 is 6.12. The average Bonchev–Trinajstić information content (AvgIpc) is 2.89. The van der Waals surface area contributed by atoms with Crippen LogP contribution in [-0.4, -0.2) is 42.2 Å². The van der Waals surface area contributed by atoms with E-state index < -0.39 is 15.9 Å². The Bertz CT molecular complexity index is 892. The molecular formula is C17H22ClN3O3S. The van der Waals surface area contributed by atoms with Crippen LogP contribution in [0.25, 0.3) is 0 Å². The van der Waals surface area contributed by atoms with Crippen molar-refractivity contribution in [2.24, 2.45) is 0 Å². The van der Waals surface area contributed by atoms with Crippen LogP contribution in [0.15, 0.2) is 28.3 Å². The quantitative estimate of drug-likeness (QED) is 0.808. The summed E-state index contributed by atoms with van der Waals surface area (Å²) < 4.78 is 27.1. The lowest BCUT2D eigenvalue weighted by Gasteiger charge is -2.17. The first-order valence-electron chi connectivity index (χ1n) is 8.00. The highest BCUT2D eigenvalue weighted by atomic mass is 35.5. The fraction of sp³-hybridized carbons (Fsp3) is 0.412. The van der Waals surface area contributed by atoms with Crippen molar-refractivity contribution in [3.63, 3.8) is 0 Å². The second-order valence-corrected chi connectivity index (χ2v) is 8.12. The number of benzene rings is 1. The molecule has 0 N–H and O–H groups in total. The molecule has 0 bridgehead atoms. The fourth-order valence-electron chi connectivity index (χ4n) is 2.94. The molecule has 2 aromatic rings. The third-order valence-corrected chi connectivity index (χ3v) is 6.38. The van der Waals surface area contributed by atoms with Crippen LogP contribution >= 0.6 is 11.6 Å². The molecule has 0 fully saturated rings. The summed E-state index contributed by atoms with van der Waals surface area (Å²) in [5, 5.41) is 3.61. The van der Waals surface area contributed by atoms with E-state index in [0.29, 0.717) is 24.2 Å². The van der Waals surface area contributed by atoms with Crippen LogP contribution in [0.5, 0.6) is 0 Å². The molecule has 0 aliphatic heterocycles. The van der Waals surface area contributed by atoms with Crippen LogP contribution in [0.3, 0.4) is 0 Å². The number of carbonyl (C=O) groups excluding carboxylic acids is 1. The van der Waals surface area contributed by atoms with Gasteiger partial charge in [-0.1, -0.05) is 29.3 Å². The maximum atomic E-state index is 13.1. The van der Waals surface area contributed by atoms with Crippen LogP contribution in [0.1, 0.15) is 30.5 Å². The Morgan fingerprint density at radius 3 is 2.16 bits per heavy atom. The number of hydrogen-bond donors (Lipinski definition) is 0. The molecule has 0 spiro atoms. The van der Waals surface area contributed by atoms with Gasteiger partial charge in [0.2, 0.25) is 14.9 Å². The standard InChI is InChI=1S/C17H22ClN3O3S/c1-6-20(7-2)17(22)21-10-14(18)16(19-21)25(23,24)15-12(4)8-11(3)9-13(15)5/h8-10H,6-7H2,1-5H3. The van der Waals surface area contributed by atoms with Gasteiger partial charge in [-0.05, 0) is 45.7 Å². The highest BCUT2D eigenvalue weighted by Crippen LogP contribution is 2.31. The first kappa shape index (κ1) is 19.5. The molecule has 1 amide bonds. The van der Waals surface area contributed by atoms with E-state index in [0.717, 1.165) is 10.2 Å². The fourth-order valence-corrected chi connectivity index (χ4v) is 5.04. The second kappa shape index (κ2) is 7.17. The minimum Gasteiger partial charge on any atom is -0.323 e. The number of rotatable bonds is 4. The lowest BCUT2D eigenvalue weighted by atomic mass is 10.1. The van der Waals surface area contributed by atoms with Crippen LogP contribution in [-0.2, 0) is 9.84 Å². The van der Waals surface area contributed by atoms with Gasteiger partial charge in [0.25, 0.3) is 0 Å². The molecule has 0 atom stereocenters. The molecule has 1 heterocycles. The molecule has 2 rings (SSSR count). The Kier molecular flexibility index (Phi) is 5.58.